The largest absolute Gasteiger partial charge is 0.279 e. The minimum absolute atomic E-state index is 0.0161. The van der Waals surface area contributed by atoms with Crippen LogP contribution < -0.4 is 4.31 Å². The summed E-state index contributed by atoms with van der Waals surface area (Å²) >= 11 is 14.7. The Morgan fingerprint density at radius 3 is 2.22 bits per heavy atom. The van der Waals surface area contributed by atoms with Crippen LogP contribution in [0.4, 0.5) is 5.69 Å². The van der Waals surface area contributed by atoms with Crippen LogP contribution in [0.3, 0.4) is 0 Å². The zero-order valence-corrected chi connectivity index (χ0v) is 15.8. The molecule has 0 aromatic heterocycles. The number of carbonyl (C=O) groups is 1. The summed E-state index contributed by atoms with van der Waals surface area (Å²) in [7, 11) is -4.00. The fraction of sp³-hybridized carbons (Fsp3) is 0.133. The molecule has 0 aliphatic carbocycles. The molecule has 2 aromatic rings. The van der Waals surface area contributed by atoms with Crippen molar-refractivity contribution in [1.82, 2.24) is 0 Å². The van der Waals surface area contributed by atoms with Gasteiger partial charge in [-0.05, 0) is 70.9 Å². The summed E-state index contributed by atoms with van der Waals surface area (Å²) < 4.78 is 27.5. The first-order valence-corrected chi connectivity index (χ1v) is 9.48. The third-order valence-electron chi connectivity index (χ3n) is 3.14. The van der Waals surface area contributed by atoms with Gasteiger partial charge in [-0.2, -0.15) is 0 Å². The van der Waals surface area contributed by atoms with E-state index in [1.54, 1.807) is 24.3 Å². The first-order chi connectivity index (χ1) is 10.7. The average molecular weight is 437 g/mol. The molecule has 4 nitrogen and oxygen atoms in total. The van der Waals surface area contributed by atoms with Gasteiger partial charge >= 0.3 is 0 Å². The molecule has 0 saturated carbocycles. The number of halogens is 3. The van der Waals surface area contributed by atoms with Gasteiger partial charge in [-0.3, -0.25) is 9.10 Å². The van der Waals surface area contributed by atoms with Gasteiger partial charge in [0.25, 0.3) is 10.0 Å². The molecule has 23 heavy (non-hydrogen) atoms. The van der Waals surface area contributed by atoms with Crippen LogP contribution >= 0.6 is 39.1 Å². The minimum atomic E-state index is -4.00. The van der Waals surface area contributed by atoms with Gasteiger partial charge in [0.1, 0.15) is 6.04 Å². The van der Waals surface area contributed by atoms with Crippen molar-refractivity contribution in [3.63, 3.8) is 0 Å². The molecule has 0 saturated heterocycles. The zero-order chi connectivity index (χ0) is 17.2. The van der Waals surface area contributed by atoms with Gasteiger partial charge in [-0.1, -0.05) is 23.7 Å². The molecular formula is C15H12BrCl2NO3S. The van der Waals surface area contributed by atoms with Gasteiger partial charge in [0.15, 0.2) is 0 Å². The van der Waals surface area contributed by atoms with Crippen molar-refractivity contribution in [2.75, 3.05) is 4.31 Å². The van der Waals surface area contributed by atoms with E-state index >= 15 is 0 Å². The second kappa shape index (κ2) is 7.21. The molecule has 0 spiro atoms. The van der Waals surface area contributed by atoms with Gasteiger partial charge in [-0.15, -0.1) is 0 Å². The van der Waals surface area contributed by atoms with Crippen LogP contribution in [-0.4, -0.2) is 19.7 Å². The number of benzene rings is 2. The molecule has 2 rings (SSSR count). The topological polar surface area (TPSA) is 54.5 Å². The maximum atomic E-state index is 13.0. The molecule has 0 aliphatic heterocycles. The van der Waals surface area contributed by atoms with E-state index in [1.807, 2.05) is 0 Å². The number of para-hydroxylation sites is 1. The van der Waals surface area contributed by atoms with E-state index < -0.39 is 21.3 Å². The Morgan fingerprint density at radius 1 is 1.13 bits per heavy atom. The van der Waals surface area contributed by atoms with Crippen molar-refractivity contribution < 1.29 is 13.2 Å². The molecule has 1 unspecified atom stereocenters. The molecule has 0 heterocycles. The van der Waals surface area contributed by atoms with Crippen LogP contribution in [0.25, 0.3) is 0 Å². The van der Waals surface area contributed by atoms with Crippen LogP contribution in [0.2, 0.25) is 5.02 Å². The zero-order valence-electron chi connectivity index (χ0n) is 11.9. The maximum Gasteiger partial charge on any atom is 0.265 e. The highest BCUT2D eigenvalue weighted by Crippen LogP contribution is 2.33. The Morgan fingerprint density at radius 2 is 1.70 bits per heavy atom. The number of carbonyl (C=O) groups excluding carboxylic acids is 1. The third-order valence-corrected chi connectivity index (χ3v) is 6.28. The molecule has 0 fully saturated rings. The predicted octanol–water partition coefficient (Wildman–Crippen LogP) is 4.45. The fourth-order valence-corrected chi connectivity index (χ4v) is 4.50. The van der Waals surface area contributed by atoms with Crippen molar-refractivity contribution in [2.45, 2.75) is 17.9 Å². The Labute approximate surface area is 153 Å². The summed E-state index contributed by atoms with van der Waals surface area (Å²) in [5.74, 6) is 0. The van der Waals surface area contributed by atoms with Gasteiger partial charge in [0, 0.05) is 9.50 Å². The normalized spacial score (nSPS) is 12.7. The van der Waals surface area contributed by atoms with Crippen molar-refractivity contribution in [3.8, 4) is 0 Å². The van der Waals surface area contributed by atoms with Crippen LogP contribution in [0.15, 0.2) is 57.9 Å². The number of anilines is 1. The minimum Gasteiger partial charge on any atom is -0.279 e. The highest BCUT2D eigenvalue weighted by Gasteiger charge is 2.33. The number of sulfonamides is 1. The molecule has 0 bridgehead atoms. The highest BCUT2D eigenvalue weighted by atomic mass is 79.9. The molecule has 0 radical (unpaired) electrons. The van der Waals surface area contributed by atoms with E-state index in [-0.39, 0.29) is 4.90 Å². The molecule has 122 valence electrons. The second-order valence-electron chi connectivity index (χ2n) is 4.69. The maximum absolute atomic E-state index is 13.0. The standard InChI is InChI=1S/C15H12BrCl2NO3S/c1-10(15(18)20)19(14-5-3-2-4-13(14)16)23(21,22)12-8-6-11(17)7-9-12/h2-10H,1H3. The molecule has 1 atom stereocenters. The van der Waals surface area contributed by atoms with E-state index in [0.717, 1.165) is 4.31 Å². The van der Waals surface area contributed by atoms with E-state index in [1.165, 1.54) is 31.2 Å². The predicted molar refractivity (Wildman–Crippen MR) is 95.6 cm³/mol. The Kier molecular flexibility index (Phi) is 5.73. The first kappa shape index (κ1) is 18.3. The summed E-state index contributed by atoms with van der Waals surface area (Å²) in [5.41, 5.74) is 0.323. The highest BCUT2D eigenvalue weighted by molar-refractivity contribution is 9.10. The SMILES string of the molecule is CC(C(=O)Cl)N(c1ccccc1Br)S(=O)(=O)c1ccc(Cl)cc1. The summed E-state index contributed by atoms with van der Waals surface area (Å²) in [6, 6.07) is 11.3. The van der Waals surface area contributed by atoms with Crippen molar-refractivity contribution in [2.24, 2.45) is 0 Å². The van der Waals surface area contributed by atoms with Gasteiger partial charge in [-0.25, -0.2) is 8.42 Å². The Balaban J connectivity index is 2.64. The molecular weight excluding hydrogens is 425 g/mol. The molecule has 0 N–H and O–H groups in total. The summed E-state index contributed by atoms with van der Waals surface area (Å²) in [6.45, 7) is 1.43. The van der Waals surface area contributed by atoms with Crippen LogP contribution in [0.5, 0.6) is 0 Å². The summed E-state index contributed by atoms with van der Waals surface area (Å²) in [6.07, 6.45) is 0. The first-order valence-electron chi connectivity index (χ1n) is 6.49. The lowest BCUT2D eigenvalue weighted by Crippen LogP contribution is -2.42. The van der Waals surface area contributed by atoms with Gasteiger partial charge < -0.3 is 0 Å². The number of nitrogens with zero attached hydrogens (tertiary/aromatic N) is 1. The van der Waals surface area contributed by atoms with Crippen LogP contribution in [0.1, 0.15) is 6.92 Å². The van der Waals surface area contributed by atoms with Crippen LogP contribution in [0, 0.1) is 0 Å². The van der Waals surface area contributed by atoms with E-state index in [9.17, 15) is 13.2 Å². The average Bonchev–Trinajstić information content (AvgIpc) is 2.49. The lowest BCUT2D eigenvalue weighted by Gasteiger charge is -2.29. The van der Waals surface area contributed by atoms with Gasteiger partial charge in [0.2, 0.25) is 5.24 Å². The number of rotatable bonds is 5. The monoisotopic (exact) mass is 435 g/mol. The lowest BCUT2D eigenvalue weighted by atomic mass is 10.3. The quantitative estimate of drug-likeness (QED) is 0.650. The lowest BCUT2D eigenvalue weighted by molar-refractivity contribution is -0.112. The molecule has 0 aliphatic rings. The molecule has 0 amide bonds. The second-order valence-corrected chi connectivity index (χ2v) is 8.16. The van der Waals surface area contributed by atoms with Crippen molar-refractivity contribution in [1.29, 1.82) is 0 Å². The third kappa shape index (κ3) is 3.88. The van der Waals surface area contributed by atoms with E-state index in [4.69, 9.17) is 23.2 Å². The number of hydrogen-bond acceptors (Lipinski definition) is 3. The number of hydrogen-bond donors (Lipinski definition) is 0. The van der Waals surface area contributed by atoms with Crippen molar-refractivity contribution in [3.05, 3.63) is 58.0 Å². The summed E-state index contributed by atoms with van der Waals surface area (Å²) in [4.78, 5) is 11.6. The Hall–Kier alpha value is -1.08. The summed E-state index contributed by atoms with van der Waals surface area (Å²) in [5, 5.41) is -0.365. The molecule has 8 heteroatoms. The smallest absolute Gasteiger partial charge is 0.265 e. The van der Waals surface area contributed by atoms with Crippen LogP contribution in [-0.2, 0) is 14.8 Å². The molecule has 2 aromatic carbocycles. The van der Waals surface area contributed by atoms with Crippen molar-refractivity contribution >= 4 is 60.1 Å². The van der Waals surface area contributed by atoms with E-state index in [2.05, 4.69) is 15.9 Å². The van der Waals surface area contributed by atoms with Gasteiger partial charge in [0.05, 0.1) is 10.6 Å². The van der Waals surface area contributed by atoms with E-state index in [0.29, 0.717) is 15.2 Å². The fourth-order valence-electron chi connectivity index (χ4n) is 1.99. The Bertz CT molecular complexity index is 825.